The Labute approximate surface area is 180 Å². The number of carbonyl (C=O) groups excluding carboxylic acids is 1. The first-order chi connectivity index (χ1) is 13.8. The fourth-order valence-electron chi connectivity index (χ4n) is 3.47. The van der Waals surface area contributed by atoms with E-state index in [1.807, 2.05) is 18.8 Å². The Kier molecular flexibility index (Phi) is 5.26. The molecular weight excluding hydrogens is 394 g/mol. The van der Waals surface area contributed by atoms with Gasteiger partial charge in [0.1, 0.15) is 10.9 Å². The monoisotopic (exact) mass is 420 g/mol. The lowest BCUT2D eigenvalue weighted by atomic mass is 9.87. The van der Waals surface area contributed by atoms with Gasteiger partial charge < -0.3 is 4.90 Å². The number of nitrogens with zero attached hydrogens (tertiary/aromatic N) is 1. The van der Waals surface area contributed by atoms with E-state index in [-0.39, 0.29) is 22.2 Å². The summed E-state index contributed by atoms with van der Waals surface area (Å²) in [4.78, 5) is 20.5. The van der Waals surface area contributed by atoms with Gasteiger partial charge in [-0.1, -0.05) is 62.9 Å². The van der Waals surface area contributed by atoms with Gasteiger partial charge in [0.2, 0.25) is 5.91 Å². The maximum absolute atomic E-state index is 12.3. The summed E-state index contributed by atoms with van der Waals surface area (Å²) in [7, 11) is 1.61. The second-order valence-electron chi connectivity index (χ2n) is 8.31. The van der Waals surface area contributed by atoms with Gasteiger partial charge in [-0.25, -0.2) is 0 Å². The van der Waals surface area contributed by atoms with Crippen molar-refractivity contribution < 1.29 is 4.79 Å². The van der Waals surface area contributed by atoms with Crippen LogP contribution in [0.2, 0.25) is 0 Å². The third-order valence-electron chi connectivity index (χ3n) is 5.24. The Morgan fingerprint density at radius 1 is 0.862 bits per heavy atom. The van der Waals surface area contributed by atoms with Gasteiger partial charge in [-0.2, -0.15) is 0 Å². The maximum Gasteiger partial charge on any atom is 0.223 e. The maximum atomic E-state index is 12.3. The minimum atomic E-state index is -0.266. The van der Waals surface area contributed by atoms with Gasteiger partial charge in [-0.3, -0.25) is 4.79 Å². The summed E-state index contributed by atoms with van der Waals surface area (Å²) in [6.45, 7) is 8.34. The number of hydrogen-bond acceptors (Lipinski definition) is 2. The first-order valence-electron chi connectivity index (χ1n) is 9.76. The largest absolute Gasteiger partial charge is 0.311 e. The lowest BCUT2D eigenvalue weighted by Crippen LogP contribution is -2.26. The molecule has 4 heteroatoms. The predicted octanol–water partition coefficient (Wildman–Crippen LogP) is 6.53. The summed E-state index contributed by atoms with van der Waals surface area (Å²) in [6.07, 6.45) is 0. The highest BCUT2D eigenvalue weighted by Crippen LogP contribution is 2.50. The van der Waals surface area contributed by atoms with Crippen LogP contribution in [0, 0.1) is 0 Å². The highest BCUT2D eigenvalue weighted by Gasteiger charge is 2.40. The van der Waals surface area contributed by atoms with E-state index in [9.17, 15) is 4.79 Å². The minimum absolute atomic E-state index is 0.0367. The standard InChI is InChI=1S/C25H26NOS2/c1-17(27)26(5)19-15-14-18(25(2,3)4)16-24(19)29-22-12-8-6-10-20(22)28-21-11-7-9-13-23(21)29/h6-16H,1-5H3/q+1. The molecule has 2 nitrogen and oxygen atoms in total. The molecule has 1 aliphatic rings. The van der Waals surface area contributed by atoms with Crippen molar-refractivity contribution in [3.8, 4) is 0 Å². The lowest BCUT2D eigenvalue weighted by molar-refractivity contribution is -0.116. The molecule has 0 saturated carbocycles. The summed E-state index contributed by atoms with van der Waals surface area (Å²) in [5, 5.41) is 0. The van der Waals surface area contributed by atoms with E-state index in [0.29, 0.717) is 0 Å². The summed E-state index contributed by atoms with van der Waals surface area (Å²) in [5.41, 5.74) is 2.31. The molecule has 0 bridgehead atoms. The number of benzene rings is 3. The van der Waals surface area contributed by atoms with E-state index in [1.165, 1.54) is 30.0 Å². The van der Waals surface area contributed by atoms with Crippen LogP contribution in [0.3, 0.4) is 0 Å². The summed E-state index contributed by atoms with van der Waals surface area (Å²) in [5.74, 6) is 0.0475. The van der Waals surface area contributed by atoms with Gasteiger partial charge >= 0.3 is 0 Å². The molecule has 0 unspecified atom stereocenters. The van der Waals surface area contributed by atoms with E-state index in [4.69, 9.17) is 0 Å². The molecule has 148 valence electrons. The molecule has 0 fully saturated rings. The molecular formula is C25H26NOS2+. The zero-order valence-electron chi connectivity index (χ0n) is 17.5. The Balaban J connectivity index is 2.02. The van der Waals surface area contributed by atoms with Crippen molar-refractivity contribution >= 4 is 34.3 Å². The average Bonchev–Trinajstić information content (AvgIpc) is 2.70. The van der Waals surface area contributed by atoms with E-state index >= 15 is 0 Å². The van der Waals surface area contributed by atoms with Crippen molar-refractivity contribution in [2.24, 2.45) is 0 Å². The molecule has 4 rings (SSSR count). The highest BCUT2D eigenvalue weighted by atomic mass is 32.2. The van der Waals surface area contributed by atoms with Crippen LogP contribution in [0.5, 0.6) is 0 Å². The van der Waals surface area contributed by atoms with Gasteiger partial charge in [-0.15, -0.1) is 0 Å². The number of amides is 1. The fraction of sp³-hybridized carbons (Fsp3) is 0.240. The molecule has 0 atom stereocenters. The zero-order chi connectivity index (χ0) is 20.8. The summed E-state index contributed by atoms with van der Waals surface area (Å²) < 4.78 is 0. The SMILES string of the molecule is CC(=O)N(C)c1ccc(C(C)(C)C)cc1[S+]1c2ccccc2Sc2ccccc21. The quantitative estimate of drug-likeness (QED) is 0.344. The molecule has 29 heavy (non-hydrogen) atoms. The third kappa shape index (κ3) is 3.72. The smallest absolute Gasteiger partial charge is 0.223 e. The molecule has 3 aromatic rings. The summed E-state index contributed by atoms with van der Waals surface area (Å²) >= 11 is 1.84. The number of rotatable bonds is 2. The molecule has 0 aliphatic carbocycles. The summed E-state index contributed by atoms with van der Waals surface area (Å²) in [6, 6.07) is 24.0. The van der Waals surface area contributed by atoms with Crippen molar-refractivity contribution in [1.82, 2.24) is 0 Å². The van der Waals surface area contributed by atoms with Gasteiger partial charge in [0.05, 0.1) is 15.5 Å². The normalized spacial score (nSPS) is 13.6. The van der Waals surface area contributed by atoms with Crippen LogP contribution < -0.4 is 4.90 Å². The predicted molar refractivity (Wildman–Crippen MR) is 123 cm³/mol. The van der Waals surface area contributed by atoms with Crippen LogP contribution in [-0.2, 0) is 21.1 Å². The zero-order valence-corrected chi connectivity index (χ0v) is 19.2. The first kappa shape index (κ1) is 20.1. The van der Waals surface area contributed by atoms with Crippen LogP contribution in [0.15, 0.2) is 91.2 Å². The van der Waals surface area contributed by atoms with E-state index < -0.39 is 0 Å². The molecule has 1 aliphatic heterocycles. The number of hydrogen-bond donors (Lipinski definition) is 0. The van der Waals surface area contributed by atoms with E-state index in [1.54, 1.807) is 11.8 Å². The molecule has 0 aromatic heterocycles. The van der Waals surface area contributed by atoms with Crippen LogP contribution in [-0.4, -0.2) is 13.0 Å². The molecule has 1 heterocycles. The molecule has 0 spiro atoms. The number of fused-ring (bicyclic) bond motifs is 2. The number of anilines is 1. The van der Waals surface area contributed by atoms with Crippen LogP contribution in [0.25, 0.3) is 0 Å². The minimum Gasteiger partial charge on any atom is -0.311 e. The van der Waals surface area contributed by atoms with Crippen LogP contribution >= 0.6 is 11.8 Å². The molecule has 0 N–H and O–H groups in total. The highest BCUT2D eigenvalue weighted by molar-refractivity contribution is 8.04. The molecule has 0 radical (unpaired) electrons. The Morgan fingerprint density at radius 3 is 1.93 bits per heavy atom. The van der Waals surface area contributed by atoms with Crippen molar-refractivity contribution in [3.05, 3.63) is 72.3 Å². The van der Waals surface area contributed by atoms with Crippen molar-refractivity contribution in [3.63, 3.8) is 0 Å². The van der Waals surface area contributed by atoms with Crippen molar-refractivity contribution in [2.45, 2.75) is 57.6 Å². The molecule has 1 amide bonds. The Hall–Kier alpha value is -2.17. The average molecular weight is 421 g/mol. The number of carbonyl (C=O) groups is 1. The van der Waals surface area contributed by atoms with Crippen LogP contribution in [0.4, 0.5) is 5.69 Å². The van der Waals surface area contributed by atoms with E-state index in [2.05, 4.69) is 87.5 Å². The Bertz CT molecular complexity index is 1040. The molecule has 3 aromatic carbocycles. The molecule has 0 saturated heterocycles. The topological polar surface area (TPSA) is 20.3 Å². The fourth-order valence-corrected chi connectivity index (χ4v) is 7.43. The van der Waals surface area contributed by atoms with Crippen molar-refractivity contribution in [2.75, 3.05) is 11.9 Å². The lowest BCUT2D eigenvalue weighted by Gasteiger charge is -2.26. The second-order valence-corrected chi connectivity index (χ2v) is 11.3. The van der Waals surface area contributed by atoms with Gasteiger partial charge in [-0.05, 0) is 41.3 Å². The Morgan fingerprint density at radius 2 is 1.41 bits per heavy atom. The van der Waals surface area contributed by atoms with Crippen LogP contribution in [0.1, 0.15) is 33.3 Å². The van der Waals surface area contributed by atoms with Gasteiger partial charge in [0.15, 0.2) is 14.7 Å². The van der Waals surface area contributed by atoms with Gasteiger partial charge in [0.25, 0.3) is 0 Å². The van der Waals surface area contributed by atoms with E-state index in [0.717, 1.165) is 5.69 Å². The first-order valence-corrected chi connectivity index (χ1v) is 11.8. The second kappa shape index (κ2) is 7.58. The van der Waals surface area contributed by atoms with Crippen molar-refractivity contribution in [1.29, 1.82) is 0 Å². The third-order valence-corrected chi connectivity index (χ3v) is 9.01. The van der Waals surface area contributed by atoms with Gasteiger partial charge in [0, 0.05) is 20.0 Å².